The Balaban J connectivity index is 3.14. The predicted molar refractivity (Wildman–Crippen MR) is 70.0 cm³/mol. The van der Waals surface area contributed by atoms with Gasteiger partial charge in [-0.15, -0.1) is 0 Å². The van der Waals surface area contributed by atoms with Crippen molar-refractivity contribution in [2.75, 3.05) is 0 Å². The number of rotatable bonds is 6. The van der Waals surface area contributed by atoms with Crippen LogP contribution in [-0.2, 0) is 14.8 Å². The molecule has 7 nitrogen and oxygen atoms in total. The number of aliphatic carboxylic acids is 1. The number of carbonyl (C=O) groups is 2. The second kappa shape index (κ2) is 6.02. The van der Waals surface area contributed by atoms with E-state index in [9.17, 15) is 18.0 Å². The molecule has 1 rings (SSSR count). The number of hydrogen-bond donors (Lipinski definition) is 3. The van der Waals surface area contributed by atoms with Crippen LogP contribution in [-0.4, -0.2) is 36.6 Å². The van der Waals surface area contributed by atoms with Crippen LogP contribution in [0.4, 0.5) is 0 Å². The van der Waals surface area contributed by atoms with Crippen molar-refractivity contribution in [3.63, 3.8) is 0 Å². The standard InChI is InChI=1S/C12H15NO6S/c1-7(2)10(12(16)17)13-20(18,19)9-5-3-4-8(6-9)11(14)15/h3-7,10,13H,1-2H3,(H,14,15)(H,16,17). The van der Waals surface area contributed by atoms with Crippen LogP contribution in [0.3, 0.4) is 0 Å². The molecule has 0 amide bonds. The summed E-state index contributed by atoms with van der Waals surface area (Å²) in [4.78, 5) is 21.5. The molecule has 0 aliphatic heterocycles. The van der Waals surface area contributed by atoms with Gasteiger partial charge >= 0.3 is 11.9 Å². The smallest absolute Gasteiger partial charge is 0.335 e. The van der Waals surface area contributed by atoms with Crippen LogP contribution in [0.1, 0.15) is 24.2 Å². The molecule has 0 aliphatic rings. The molecule has 0 radical (unpaired) electrons. The molecule has 0 bridgehead atoms. The third-order valence-electron chi connectivity index (χ3n) is 2.61. The van der Waals surface area contributed by atoms with Crippen LogP contribution in [0.25, 0.3) is 0 Å². The van der Waals surface area contributed by atoms with Crippen molar-refractivity contribution < 1.29 is 28.2 Å². The number of sulfonamides is 1. The van der Waals surface area contributed by atoms with Crippen LogP contribution < -0.4 is 4.72 Å². The van der Waals surface area contributed by atoms with Gasteiger partial charge in [0.1, 0.15) is 6.04 Å². The van der Waals surface area contributed by atoms with E-state index in [1.807, 2.05) is 0 Å². The van der Waals surface area contributed by atoms with E-state index in [4.69, 9.17) is 10.2 Å². The van der Waals surface area contributed by atoms with Crippen molar-refractivity contribution >= 4 is 22.0 Å². The zero-order valence-electron chi connectivity index (χ0n) is 10.9. The van der Waals surface area contributed by atoms with E-state index in [0.29, 0.717) is 0 Å². The highest BCUT2D eigenvalue weighted by molar-refractivity contribution is 7.89. The van der Waals surface area contributed by atoms with E-state index >= 15 is 0 Å². The van der Waals surface area contributed by atoms with Crippen molar-refractivity contribution in [3.05, 3.63) is 29.8 Å². The molecule has 0 aromatic heterocycles. The van der Waals surface area contributed by atoms with E-state index in [1.165, 1.54) is 18.2 Å². The van der Waals surface area contributed by atoms with E-state index in [0.717, 1.165) is 6.07 Å². The molecule has 3 N–H and O–H groups in total. The summed E-state index contributed by atoms with van der Waals surface area (Å²) in [6.07, 6.45) is 0. The largest absolute Gasteiger partial charge is 0.480 e. The summed E-state index contributed by atoms with van der Waals surface area (Å²) in [5.41, 5.74) is -0.190. The van der Waals surface area contributed by atoms with Crippen LogP contribution >= 0.6 is 0 Å². The van der Waals surface area contributed by atoms with Crippen LogP contribution in [0.15, 0.2) is 29.2 Å². The van der Waals surface area contributed by atoms with Gasteiger partial charge < -0.3 is 10.2 Å². The summed E-state index contributed by atoms with van der Waals surface area (Å²) in [5.74, 6) is -3.01. The van der Waals surface area contributed by atoms with Gasteiger partial charge in [-0.2, -0.15) is 4.72 Å². The lowest BCUT2D eigenvalue weighted by Gasteiger charge is -2.18. The van der Waals surface area contributed by atoms with Gasteiger partial charge in [-0.1, -0.05) is 19.9 Å². The molecule has 0 saturated carbocycles. The summed E-state index contributed by atoms with van der Waals surface area (Å²) in [6, 6.07) is 3.42. The number of carboxylic acids is 2. The number of nitrogens with one attached hydrogen (secondary N) is 1. The van der Waals surface area contributed by atoms with Crippen molar-refractivity contribution in [1.82, 2.24) is 4.72 Å². The predicted octanol–water partition coefficient (Wildman–Crippen LogP) is 0.772. The zero-order valence-corrected chi connectivity index (χ0v) is 11.7. The minimum atomic E-state index is -4.10. The van der Waals surface area contributed by atoms with Crippen LogP contribution in [0.5, 0.6) is 0 Å². The number of benzene rings is 1. The molecule has 1 aromatic carbocycles. The maximum Gasteiger partial charge on any atom is 0.335 e. The van der Waals surface area contributed by atoms with E-state index in [-0.39, 0.29) is 10.5 Å². The first-order valence-electron chi connectivity index (χ1n) is 5.73. The maximum atomic E-state index is 12.1. The highest BCUT2D eigenvalue weighted by Crippen LogP contribution is 2.14. The maximum absolute atomic E-state index is 12.1. The summed E-state index contributed by atoms with van der Waals surface area (Å²) < 4.78 is 26.2. The molecule has 0 spiro atoms. The molecule has 1 aromatic rings. The fourth-order valence-corrected chi connectivity index (χ4v) is 2.89. The molecule has 20 heavy (non-hydrogen) atoms. The lowest BCUT2D eigenvalue weighted by Crippen LogP contribution is -2.44. The molecule has 8 heteroatoms. The fourth-order valence-electron chi connectivity index (χ4n) is 1.50. The van der Waals surface area contributed by atoms with Gasteiger partial charge in [0.2, 0.25) is 10.0 Å². The van der Waals surface area contributed by atoms with Crippen molar-refractivity contribution in [3.8, 4) is 0 Å². The highest BCUT2D eigenvalue weighted by atomic mass is 32.2. The Kier molecular flexibility index (Phi) is 4.85. The average molecular weight is 301 g/mol. The number of hydrogen-bond acceptors (Lipinski definition) is 4. The van der Waals surface area contributed by atoms with Gasteiger partial charge in [0.15, 0.2) is 0 Å². The van der Waals surface area contributed by atoms with Gasteiger partial charge in [-0.05, 0) is 24.1 Å². The molecule has 0 heterocycles. The SMILES string of the molecule is CC(C)C(NS(=O)(=O)c1cccc(C(=O)O)c1)C(=O)O. The minimum absolute atomic E-state index is 0.190. The van der Waals surface area contributed by atoms with Gasteiger partial charge in [0.05, 0.1) is 10.5 Å². The highest BCUT2D eigenvalue weighted by Gasteiger charge is 2.28. The Bertz CT molecular complexity index is 623. The monoisotopic (exact) mass is 301 g/mol. The van der Waals surface area contributed by atoms with Crippen molar-refractivity contribution in [2.24, 2.45) is 5.92 Å². The quantitative estimate of drug-likeness (QED) is 0.713. The second-order valence-corrected chi connectivity index (χ2v) is 6.23. The fraction of sp³-hybridized carbons (Fsp3) is 0.333. The number of carboxylic acid groups (broad SMARTS) is 2. The molecule has 0 fully saturated rings. The topological polar surface area (TPSA) is 121 Å². The molecule has 1 atom stereocenters. The Labute approximate surface area is 116 Å². The lowest BCUT2D eigenvalue weighted by atomic mass is 10.1. The summed E-state index contributed by atoms with van der Waals surface area (Å²) >= 11 is 0. The first-order valence-corrected chi connectivity index (χ1v) is 7.22. The van der Waals surface area contributed by atoms with Gasteiger partial charge in [-0.3, -0.25) is 4.79 Å². The van der Waals surface area contributed by atoms with Crippen LogP contribution in [0.2, 0.25) is 0 Å². The first-order chi connectivity index (χ1) is 9.15. The Hall–Kier alpha value is -1.93. The third kappa shape index (κ3) is 3.78. The molecular weight excluding hydrogens is 286 g/mol. The molecular formula is C12H15NO6S. The molecule has 0 aliphatic carbocycles. The molecule has 0 saturated heterocycles. The Morgan fingerprint density at radius 1 is 1.20 bits per heavy atom. The minimum Gasteiger partial charge on any atom is -0.480 e. The van der Waals surface area contributed by atoms with E-state index in [1.54, 1.807) is 13.8 Å². The second-order valence-electron chi connectivity index (χ2n) is 4.51. The van der Waals surface area contributed by atoms with Gasteiger partial charge in [0, 0.05) is 0 Å². The van der Waals surface area contributed by atoms with Crippen molar-refractivity contribution in [2.45, 2.75) is 24.8 Å². The summed E-state index contributed by atoms with van der Waals surface area (Å²) in [5, 5.41) is 17.8. The van der Waals surface area contributed by atoms with E-state index < -0.39 is 33.9 Å². The zero-order chi connectivity index (χ0) is 15.5. The normalized spacial score (nSPS) is 13.2. The lowest BCUT2D eigenvalue weighted by molar-refractivity contribution is -0.140. The van der Waals surface area contributed by atoms with Crippen molar-refractivity contribution in [1.29, 1.82) is 0 Å². The Morgan fingerprint density at radius 2 is 1.80 bits per heavy atom. The van der Waals surface area contributed by atoms with Gasteiger partial charge in [-0.25, -0.2) is 13.2 Å². The van der Waals surface area contributed by atoms with E-state index in [2.05, 4.69) is 4.72 Å². The molecule has 110 valence electrons. The average Bonchev–Trinajstić information content (AvgIpc) is 2.35. The first kappa shape index (κ1) is 16.1. The number of aromatic carboxylic acids is 1. The summed E-state index contributed by atoms with van der Waals surface area (Å²) in [6.45, 7) is 3.13. The summed E-state index contributed by atoms with van der Waals surface area (Å²) in [7, 11) is -4.10. The van der Waals surface area contributed by atoms with Crippen LogP contribution in [0, 0.1) is 5.92 Å². The van der Waals surface area contributed by atoms with Gasteiger partial charge in [0.25, 0.3) is 0 Å². The molecule has 1 unspecified atom stereocenters. The Morgan fingerprint density at radius 3 is 2.25 bits per heavy atom. The third-order valence-corrected chi connectivity index (χ3v) is 4.04.